The lowest BCUT2D eigenvalue weighted by Crippen LogP contribution is -2.33. The molecule has 1 fully saturated rings. The number of carbonyl (C=O) groups is 1. The summed E-state index contributed by atoms with van der Waals surface area (Å²) < 4.78 is 12.2. The lowest BCUT2D eigenvalue weighted by atomic mass is 10.1. The number of esters is 1. The molecule has 1 saturated heterocycles. The summed E-state index contributed by atoms with van der Waals surface area (Å²) in [6, 6.07) is 0. The van der Waals surface area contributed by atoms with Crippen LogP contribution in [0.5, 0.6) is 0 Å². The molecule has 1 aromatic rings. The standard InChI is InChI=1S/C22H35BrN2O6/c1-16-14-25(22(29)24-21(16)28)19-13-17(26)18(31-19)15-30-20(27)11-9-7-5-3-2-4-6-8-10-12-23/h14,17-19,26H,2-13,15H2,1H3,(H,24,28,29)/t17-,18+,19+/m0/s1. The van der Waals surface area contributed by atoms with Gasteiger partial charge in [-0.05, 0) is 19.8 Å². The van der Waals surface area contributed by atoms with Gasteiger partial charge in [0.1, 0.15) is 18.9 Å². The summed E-state index contributed by atoms with van der Waals surface area (Å²) in [7, 11) is 0. The predicted octanol–water partition coefficient (Wildman–Crippen LogP) is 3.33. The number of unbranched alkanes of at least 4 members (excludes halogenated alkanes) is 8. The number of nitrogens with one attached hydrogen (secondary N) is 1. The van der Waals surface area contributed by atoms with Gasteiger partial charge in [0.25, 0.3) is 5.56 Å². The number of carbonyl (C=O) groups excluding carboxylic acids is 1. The monoisotopic (exact) mass is 502 g/mol. The lowest BCUT2D eigenvalue weighted by molar-refractivity contribution is -0.150. The van der Waals surface area contributed by atoms with Gasteiger partial charge in [-0.2, -0.15) is 0 Å². The molecule has 0 spiro atoms. The fourth-order valence-electron chi connectivity index (χ4n) is 3.68. The van der Waals surface area contributed by atoms with Crippen LogP contribution in [0.2, 0.25) is 0 Å². The fraction of sp³-hybridized carbons (Fsp3) is 0.773. The van der Waals surface area contributed by atoms with Gasteiger partial charge in [0, 0.05) is 29.9 Å². The first kappa shape index (κ1) is 25.8. The Kier molecular flexibility index (Phi) is 11.5. The summed E-state index contributed by atoms with van der Waals surface area (Å²) in [6.07, 6.45) is 10.2. The second-order valence-corrected chi connectivity index (χ2v) is 9.01. The maximum absolute atomic E-state index is 12.0. The van der Waals surface area contributed by atoms with Crippen molar-refractivity contribution >= 4 is 21.9 Å². The van der Waals surface area contributed by atoms with E-state index in [0.29, 0.717) is 12.0 Å². The van der Waals surface area contributed by atoms with Crippen molar-refractivity contribution in [1.82, 2.24) is 9.55 Å². The van der Waals surface area contributed by atoms with Gasteiger partial charge < -0.3 is 14.6 Å². The quantitative estimate of drug-likeness (QED) is 0.229. The Bertz CT molecular complexity index is 793. The van der Waals surface area contributed by atoms with E-state index in [0.717, 1.165) is 24.6 Å². The van der Waals surface area contributed by atoms with Crippen LogP contribution in [0.25, 0.3) is 0 Å². The van der Waals surface area contributed by atoms with Crippen molar-refractivity contribution in [1.29, 1.82) is 0 Å². The van der Waals surface area contributed by atoms with Crippen LogP contribution in [-0.4, -0.2) is 44.8 Å². The van der Waals surface area contributed by atoms with E-state index in [1.54, 1.807) is 6.92 Å². The normalized spacial score (nSPS) is 20.8. The van der Waals surface area contributed by atoms with Crippen LogP contribution >= 0.6 is 15.9 Å². The number of hydrogen-bond donors (Lipinski definition) is 2. The molecule has 0 saturated carbocycles. The van der Waals surface area contributed by atoms with Crippen LogP contribution in [-0.2, 0) is 14.3 Å². The maximum Gasteiger partial charge on any atom is 0.330 e. The second kappa shape index (κ2) is 13.9. The van der Waals surface area contributed by atoms with Gasteiger partial charge in [-0.25, -0.2) is 4.79 Å². The number of aryl methyl sites for hydroxylation is 1. The Morgan fingerprint density at radius 3 is 2.42 bits per heavy atom. The van der Waals surface area contributed by atoms with Crippen molar-refractivity contribution in [3.8, 4) is 0 Å². The largest absolute Gasteiger partial charge is 0.463 e. The predicted molar refractivity (Wildman–Crippen MR) is 122 cm³/mol. The van der Waals surface area contributed by atoms with Crippen molar-refractivity contribution < 1.29 is 19.4 Å². The Labute approximate surface area is 191 Å². The van der Waals surface area contributed by atoms with Crippen LogP contribution in [0.3, 0.4) is 0 Å². The minimum atomic E-state index is -0.855. The summed E-state index contributed by atoms with van der Waals surface area (Å²) in [5.41, 5.74) is -0.665. The van der Waals surface area contributed by atoms with Crippen molar-refractivity contribution in [3.05, 3.63) is 32.6 Å². The maximum atomic E-state index is 12.0. The molecule has 1 aromatic heterocycles. The number of alkyl halides is 1. The number of H-pyrrole nitrogens is 1. The highest BCUT2D eigenvalue weighted by Crippen LogP contribution is 2.28. The Morgan fingerprint density at radius 2 is 1.77 bits per heavy atom. The van der Waals surface area contributed by atoms with Crippen LogP contribution in [0.4, 0.5) is 0 Å². The molecule has 31 heavy (non-hydrogen) atoms. The van der Waals surface area contributed by atoms with Gasteiger partial charge >= 0.3 is 11.7 Å². The highest BCUT2D eigenvalue weighted by atomic mass is 79.9. The SMILES string of the molecule is Cc1cn([C@H]2C[C@H](O)[C@@H](COC(=O)CCCCCCCCCCCBr)O2)c(=O)[nH]c1=O. The van der Waals surface area contributed by atoms with Crippen molar-refractivity contribution in [2.45, 2.75) is 96.0 Å². The minimum absolute atomic E-state index is 0.0536. The van der Waals surface area contributed by atoms with Gasteiger partial charge in [-0.3, -0.25) is 19.1 Å². The molecule has 1 aliphatic rings. The second-order valence-electron chi connectivity index (χ2n) is 8.21. The first-order chi connectivity index (χ1) is 14.9. The molecule has 0 aliphatic carbocycles. The number of aliphatic hydroxyl groups excluding tert-OH is 1. The molecule has 176 valence electrons. The van der Waals surface area contributed by atoms with E-state index in [1.807, 2.05) is 0 Å². The molecule has 9 heteroatoms. The number of aliphatic hydroxyl groups is 1. The smallest absolute Gasteiger partial charge is 0.330 e. The molecular formula is C22H35BrN2O6. The highest BCUT2D eigenvalue weighted by molar-refractivity contribution is 9.09. The highest BCUT2D eigenvalue weighted by Gasteiger charge is 2.36. The number of hydrogen-bond acceptors (Lipinski definition) is 6. The van der Waals surface area contributed by atoms with E-state index in [9.17, 15) is 19.5 Å². The topological polar surface area (TPSA) is 111 Å². The van der Waals surface area contributed by atoms with E-state index < -0.39 is 29.7 Å². The Morgan fingerprint density at radius 1 is 1.16 bits per heavy atom. The molecular weight excluding hydrogens is 468 g/mol. The number of aromatic amines is 1. The van der Waals surface area contributed by atoms with Crippen LogP contribution in [0.1, 0.15) is 82.4 Å². The van der Waals surface area contributed by atoms with E-state index in [-0.39, 0.29) is 19.0 Å². The van der Waals surface area contributed by atoms with Crippen molar-refractivity contribution in [3.63, 3.8) is 0 Å². The van der Waals surface area contributed by atoms with Gasteiger partial charge in [-0.1, -0.05) is 60.9 Å². The third-order valence-electron chi connectivity index (χ3n) is 5.58. The number of aromatic nitrogens is 2. The Hall–Kier alpha value is -1.45. The average Bonchev–Trinajstić information content (AvgIpc) is 3.10. The number of ether oxygens (including phenoxy) is 2. The summed E-state index contributed by atoms with van der Waals surface area (Å²) in [4.78, 5) is 37.7. The zero-order chi connectivity index (χ0) is 22.6. The van der Waals surface area contributed by atoms with E-state index in [4.69, 9.17) is 9.47 Å². The zero-order valence-electron chi connectivity index (χ0n) is 18.3. The van der Waals surface area contributed by atoms with Crippen LogP contribution < -0.4 is 11.2 Å². The zero-order valence-corrected chi connectivity index (χ0v) is 19.9. The van der Waals surface area contributed by atoms with E-state index >= 15 is 0 Å². The molecule has 0 aromatic carbocycles. The Balaban J connectivity index is 1.60. The molecule has 1 aliphatic heterocycles. The molecule has 8 nitrogen and oxygen atoms in total. The molecule has 2 heterocycles. The third-order valence-corrected chi connectivity index (χ3v) is 6.14. The summed E-state index contributed by atoms with van der Waals surface area (Å²) in [5, 5.41) is 11.3. The van der Waals surface area contributed by atoms with Gasteiger partial charge in [0.05, 0.1) is 6.10 Å². The number of halogens is 1. The minimum Gasteiger partial charge on any atom is -0.463 e. The first-order valence-electron chi connectivity index (χ1n) is 11.3. The molecule has 0 bridgehead atoms. The van der Waals surface area contributed by atoms with Crippen LogP contribution in [0.15, 0.2) is 15.8 Å². The van der Waals surface area contributed by atoms with E-state index in [1.165, 1.54) is 49.3 Å². The molecule has 0 amide bonds. The third kappa shape index (κ3) is 8.90. The first-order valence-corrected chi connectivity index (χ1v) is 12.4. The molecule has 2 N–H and O–H groups in total. The lowest BCUT2D eigenvalue weighted by Gasteiger charge is -2.16. The van der Waals surface area contributed by atoms with E-state index in [2.05, 4.69) is 20.9 Å². The summed E-state index contributed by atoms with van der Waals surface area (Å²) >= 11 is 3.44. The molecule has 3 atom stereocenters. The van der Waals surface area contributed by atoms with Crippen molar-refractivity contribution in [2.24, 2.45) is 0 Å². The summed E-state index contributed by atoms with van der Waals surface area (Å²) in [6.45, 7) is 1.54. The number of nitrogens with zero attached hydrogens (tertiary/aromatic N) is 1. The van der Waals surface area contributed by atoms with Crippen molar-refractivity contribution in [2.75, 3.05) is 11.9 Å². The van der Waals surface area contributed by atoms with Gasteiger partial charge in [0.2, 0.25) is 0 Å². The fourth-order valence-corrected chi connectivity index (χ4v) is 4.08. The van der Waals surface area contributed by atoms with Gasteiger partial charge in [-0.15, -0.1) is 0 Å². The number of rotatable bonds is 14. The van der Waals surface area contributed by atoms with Gasteiger partial charge in [0.15, 0.2) is 0 Å². The summed E-state index contributed by atoms with van der Waals surface area (Å²) in [5.74, 6) is -0.300. The van der Waals surface area contributed by atoms with Crippen LogP contribution in [0, 0.1) is 6.92 Å². The molecule has 0 radical (unpaired) electrons. The molecule has 2 rings (SSSR count). The average molecular weight is 503 g/mol. The molecule has 0 unspecified atom stereocenters.